The molecule has 0 rings (SSSR count). The van der Waals surface area contributed by atoms with Gasteiger partial charge in [-0.15, -0.1) is 0 Å². The van der Waals surface area contributed by atoms with Crippen molar-refractivity contribution >= 4 is 11.8 Å². The summed E-state index contributed by atoms with van der Waals surface area (Å²) in [5, 5.41) is 72.9. The molecule has 0 heterocycles. The molecular formula is C10H20N2O10. The van der Waals surface area contributed by atoms with Gasteiger partial charge < -0.3 is 51.5 Å². The number of rotatable bonds is 9. The van der Waals surface area contributed by atoms with Crippen molar-refractivity contribution in [1.29, 1.82) is 0 Å². The lowest BCUT2D eigenvalue weighted by atomic mass is 10.1. The number of hydrogen-bond acceptors (Lipinski definition) is 10. The lowest BCUT2D eigenvalue weighted by Gasteiger charge is -2.24. The molecule has 0 saturated heterocycles. The average molecular weight is 328 g/mol. The fourth-order valence-corrected chi connectivity index (χ4v) is 1.24. The van der Waals surface area contributed by atoms with E-state index in [1.165, 1.54) is 10.6 Å². The minimum atomic E-state index is -3.20. The molecule has 0 aromatic heterocycles. The molecule has 0 unspecified atom stereocenters. The molecule has 0 fully saturated rings. The van der Waals surface area contributed by atoms with Gasteiger partial charge in [0, 0.05) is 12.8 Å². The first-order valence-corrected chi connectivity index (χ1v) is 6.12. The SMILES string of the molecule is O=C(CCCCC(=O)NC(O)(O)C(O)O)NC(O)(O)C(O)O. The Hall–Kier alpha value is -1.38. The largest absolute Gasteiger partial charge is 0.362 e. The first-order valence-electron chi connectivity index (χ1n) is 6.12. The fraction of sp³-hybridized carbons (Fsp3) is 0.800. The molecule has 0 bridgehead atoms. The second-order valence-corrected chi connectivity index (χ2v) is 4.50. The first kappa shape index (κ1) is 20.6. The molecule has 0 aliphatic carbocycles. The highest BCUT2D eigenvalue weighted by Gasteiger charge is 2.34. The van der Waals surface area contributed by atoms with E-state index in [2.05, 4.69) is 0 Å². The van der Waals surface area contributed by atoms with E-state index in [9.17, 15) is 9.59 Å². The van der Waals surface area contributed by atoms with Crippen molar-refractivity contribution in [2.75, 3.05) is 0 Å². The molecule has 12 nitrogen and oxygen atoms in total. The average Bonchev–Trinajstić information content (AvgIpc) is 2.33. The van der Waals surface area contributed by atoms with Crippen LogP contribution in [-0.2, 0) is 9.59 Å². The lowest BCUT2D eigenvalue weighted by Crippen LogP contribution is -2.57. The molecular weight excluding hydrogens is 308 g/mol. The molecule has 0 saturated carbocycles. The summed E-state index contributed by atoms with van der Waals surface area (Å²) in [7, 11) is 0. The predicted molar refractivity (Wildman–Crippen MR) is 65.5 cm³/mol. The standard InChI is InChI=1S/C10H20N2O10/c13-5(11-9(19,20)7(15)16)3-1-2-4-6(14)12-10(21,22)8(17)18/h7-8,15-22H,1-4H2,(H,11,13)(H,12,14). The Morgan fingerprint density at radius 1 is 0.727 bits per heavy atom. The van der Waals surface area contributed by atoms with E-state index in [1.54, 1.807) is 0 Å². The van der Waals surface area contributed by atoms with Crippen molar-refractivity contribution in [3.05, 3.63) is 0 Å². The van der Waals surface area contributed by atoms with Gasteiger partial charge in [0.2, 0.25) is 24.4 Å². The maximum Gasteiger partial charge on any atom is 0.300 e. The van der Waals surface area contributed by atoms with Crippen LogP contribution < -0.4 is 10.6 Å². The van der Waals surface area contributed by atoms with Crippen LogP contribution in [0.4, 0.5) is 0 Å². The summed E-state index contributed by atoms with van der Waals surface area (Å²) in [6.07, 6.45) is -5.63. The number of aliphatic hydroxyl groups excluding tert-OH is 2. The van der Waals surface area contributed by atoms with Gasteiger partial charge in [0.25, 0.3) is 11.8 Å². The van der Waals surface area contributed by atoms with Gasteiger partial charge in [0.05, 0.1) is 0 Å². The summed E-state index contributed by atoms with van der Waals surface area (Å²) in [4.78, 5) is 22.5. The molecule has 2 amide bonds. The van der Waals surface area contributed by atoms with Gasteiger partial charge >= 0.3 is 0 Å². The Morgan fingerprint density at radius 2 is 1.00 bits per heavy atom. The van der Waals surface area contributed by atoms with Crippen LogP contribution in [0.2, 0.25) is 0 Å². The molecule has 130 valence electrons. The fourth-order valence-electron chi connectivity index (χ4n) is 1.24. The topological polar surface area (TPSA) is 220 Å². The molecule has 0 spiro atoms. The highest BCUT2D eigenvalue weighted by Crippen LogP contribution is 2.05. The molecule has 0 aromatic rings. The van der Waals surface area contributed by atoms with Gasteiger partial charge in [-0.05, 0) is 12.8 Å². The summed E-state index contributed by atoms with van der Waals surface area (Å²) in [5.74, 6) is -8.25. The van der Waals surface area contributed by atoms with Gasteiger partial charge in [-0.3, -0.25) is 9.59 Å². The Bertz CT molecular complexity index is 346. The maximum atomic E-state index is 11.2. The van der Waals surface area contributed by atoms with Crippen molar-refractivity contribution in [3.8, 4) is 0 Å². The highest BCUT2D eigenvalue weighted by atomic mass is 16.6. The molecule has 0 radical (unpaired) electrons. The summed E-state index contributed by atoms with van der Waals surface area (Å²) in [6, 6.07) is 0. The second-order valence-electron chi connectivity index (χ2n) is 4.50. The third-order valence-electron chi connectivity index (χ3n) is 2.42. The Morgan fingerprint density at radius 3 is 1.23 bits per heavy atom. The highest BCUT2D eigenvalue weighted by molar-refractivity contribution is 5.77. The van der Waals surface area contributed by atoms with Crippen LogP contribution in [0, 0.1) is 0 Å². The summed E-state index contributed by atoms with van der Waals surface area (Å²) >= 11 is 0. The number of unbranched alkanes of at least 4 members (excludes halogenated alkanes) is 1. The Balaban J connectivity index is 3.99. The minimum Gasteiger partial charge on any atom is -0.362 e. The third kappa shape index (κ3) is 7.58. The third-order valence-corrected chi connectivity index (χ3v) is 2.42. The van der Waals surface area contributed by atoms with E-state index < -0.39 is 36.2 Å². The van der Waals surface area contributed by atoms with Crippen molar-refractivity contribution in [1.82, 2.24) is 10.6 Å². The van der Waals surface area contributed by atoms with Crippen molar-refractivity contribution in [3.63, 3.8) is 0 Å². The summed E-state index contributed by atoms with van der Waals surface area (Å²) < 4.78 is 0. The van der Waals surface area contributed by atoms with Gasteiger partial charge in [-0.2, -0.15) is 0 Å². The van der Waals surface area contributed by atoms with E-state index in [4.69, 9.17) is 40.9 Å². The predicted octanol–water partition coefficient (Wildman–Crippen LogP) is -5.32. The van der Waals surface area contributed by atoms with E-state index in [0.717, 1.165) is 0 Å². The molecule has 10 N–H and O–H groups in total. The zero-order chi connectivity index (χ0) is 17.6. The van der Waals surface area contributed by atoms with Gasteiger partial charge in [0.1, 0.15) is 0 Å². The van der Waals surface area contributed by atoms with Crippen LogP contribution in [0.5, 0.6) is 0 Å². The number of carbonyl (C=O) groups excluding carboxylic acids is 2. The Labute approximate surface area is 124 Å². The lowest BCUT2D eigenvalue weighted by molar-refractivity contribution is -0.301. The first-order chi connectivity index (χ1) is 9.88. The molecule has 22 heavy (non-hydrogen) atoms. The summed E-state index contributed by atoms with van der Waals surface area (Å²) in [6.45, 7) is 0. The van der Waals surface area contributed by atoms with Crippen LogP contribution in [0.15, 0.2) is 0 Å². The van der Waals surface area contributed by atoms with Crippen LogP contribution in [0.1, 0.15) is 25.7 Å². The zero-order valence-corrected chi connectivity index (χ0v) is 11.4. The second kappa shape index (κ2) is 8.30. The van der Waals surface area contributed by atoms with E-state index in [0.29, 0.717) is 0 Å². The van der Waals surface area contributed by atoms with Crippen molar-refractivity contribution in [2.45, 2.75) is 50.1 Å². The number of amides is 2. The van der Waals surface area contributed by atoms with E-state index in [1.807, 2.05) is 0 Å². The van der Waals surface area contributed by atoms with Gasteiger partial charge in [0.15, 0.2) is 0 Å². The van der Waals surface area contributed by atoms with Crippen LogP contribution >= 0.6 is 0 Å². The Kier molecular flexibility index (Phi) is 7.78. The van der Waals surface area contributed by atoms with Crippen molar-refractivity contribution in [2.24, 2.45) is 0 Å². The number of aliphatic hydroxyl groups is 8. The van der Waals surface area contributed by atoms with E-state index >= 15 is 0 Å². The quantitative estimate of drug-likeness (QED) is 0.143. The van der Waals surface area contributed by atoms with Crippen LogP contribution in [0.25, 0.3) is 0 Å². The van der Waals surface area contributed by atoms with Gasteiger partial charge in [-0.1, -0.05) is 0 Å². The van der Waals surface area contributed by atoms with E-state index in [-0.39, 0.29) is 25.7 Å². The van der Waals surface area contributed by atoms with Crippen molar-refractivity contribution < 1.29 is 50.4 Å². The smallest absolute Gasteiger partial charge is 0.300 e. The number of nitrogens with one attached hydrogen (secondary N) is 2. The molecule has 12 heteroatoms. The minimum absolute atomic E-state index is 0.0718. The normalized spacial score (nSPS) is 12.6. The number of carbonyl (C=O) groups is 2. The molecule has 0 atom stereocenters. The number of hydrogen-bond donors (Lipinski definition) is 10. The van der Waals surface area contributed by atoms with Crippen LogP contribution in [-0.4, -0.2) is 77.1 Å². The molecule has 0 aliphatic rings. The molecule has 0 aliphatic heterocycles. The molecule has 0 aromatic carbocycles. The maximum absolute atomic E-state index is 11.2. The van der Waals surface area contributed by atoms with Crippen LogP contribution in [0.3, 0.4) is 0 Å². The monoisotopic (exact) mass is 328 g/mol. The summed E-state index contributed by atoms with van der Waals surface area (Å²) in [5.41, 5.74) is 0. The zero-order valence-electron chi connectivity index (χ0n) is 11.4. The van der Waals surface area contributed by atoms with Gasteiger partial charge in [-0.25, -0.2) is 0 Å².